The maximum absolute atomic E-state index is 9.69. The molecule has 1 N–H and O–H groups in total. The SMILES string of the molecule is CC[C@@H](O)c1ccc(Sc2cnn(C)c2)cc1. The molecule has 0 amide bonds. The van der Waals surface area contributed by atoms with E-state index in [2.05, 4.69) is 5.10 Å². The van der Waals surface area contributed by atoms with Gasteiger partial charge in [-0.05, 0) is 24.1 Å². The van der Waals surface area contributed by atoms with Crippen molar-refractivity contribution in [2.45, 2.75) is 29.2 Å². The van der Waals surface area contributed by atoms with Gasteiger partial charge in [-0.25, -0.2) is 0 Å². The van der Waals surface area contributed by atoms with Gasteiger partial charge in [-0.3, -0.25) is 4.68 Å². The van der Waals surface area contributed by atoms with Crippen LogP contribution in [-0.4, -0.2) is 14.9 Å². The van der Waals surface area contributed by atoms with E-state index in [9.17, 15) is 5.11 Å². The van der Waals surface area contributed by atoms with Crippen LogP contribution < -0.4 is 0 Å². The normalized spacial score (nSPS) is 12.6. The Morgan fingerprint density at radius 1 is 1.29 bits per heavy atom. The molecular weight excluding hydrogens is 232 g/mol. The van der Waals surface area contributed by atoms with Gasteiger partial charge in [-0.2, -0.15) is 5.10 Å². The number of rotatable bonds is 4. The summed E-state index contributed by atoms with van der Waals surface area (Å²) in [5, 5.41) is 13.8. The van der Waals surface area contributed by atoms with E-state index in [1.54, 1.807) is 16.4 Å². The first-order chi connectivity index (χ1) is 8.19. The van der Waals surface area contributed by atoms with Gasteiger partial charge in [0.25, 0.3) is 0 Å². The number of aliphatic hydroxyl groups excluding tert-OH is 1. The number of nitrogens with zero attached hydrogens (tertiary/aromatic N) is 2. The molecule has 0 aliphatic rings. The van der Waals surface area contributed by atoms with Gasteiger partial charge in [-0.15, -0.1) is 0 Å². The largest absolute Gasteiger partial charge is 0.388 e. The van der Waals surface area contributed by atoms with Crippen molar-refractivity contribution in [3.05, 3.63) is 42.2 Å². The van der Waals surface area contributed by atoms with Crippen LogP contribution >= 0.6 is 11.8 Å². The quantitative estimate of drug-likeness (QED) is 0.904. The van der Waals surface area contributed by atoms with Crippen molar-refractivity contribution in [2.75, 3.05) is 0 Å². The Morgan fingerprint density at radius 2 is 2.00 bits per heavy atom. The van der Waals surface area contributed by atoms with Gasteiger partial charge in [0, 0.05) is 18.1 Å². The summed E-state index contributed by atoms with van der Waals surface area (Å²) in [6.07, 6.45) is 4.22. The standard InChI is InChI=1S/C13H16N2OS/c1-3-13(16)10-4-6-11(7-5-10)17-12-8-14-15(2)9-12/h4-9,13,16H,3H2,1-2H3/t13-/m1/s1. The second kappa shape index (κ2) is 5.38. The van der Waals surface area contributed by atoms with Gasteiger partial charge in [-0.1, -0.05) is 30.8 Å². The van der Waals surface area contributed by atoms with Crippen LogP contribution in [0.25, 0.3) is 0 Å². The van der Waals surface area contributed by atoms with Crippen molar-refractivity contribution in [2.24, 2.45) is 7.05 Å². The lowest BCUT2D eigenvalue weighted by Crippen LogP contribution is -1.93. The Morgan fingerprint density at radius 3 is 2.53 bits per heavy atom. The second-order valence-electron chi connectivity index (χ2n) is 3.94. The van der Waals surface area contributed by atoms with Crippen LogP contribution in [-0.2, 0) is 7.05 Å². The van der Waals surface area contributed by atoms with Gasteiger partial charge in [0.05, 0.1) is 17.2 Å². The van der Waals surface area contributed by atoms with Gasteiger partial charge in [0.15, 0.2) is 0 Å². The smallest absolute Gasteiger partial charge is 0.0787 e. The topological polar surface area (TPSA) is 38.1 Å². The number of hydrogen-bond donors (Lipinski definition) is 1. The third-order valence-corrected chi connectivity index (χ3v) is 3.52. The summed E-state index contributed by atoms with van der Waals surface area (Å²) in [4.78, 5) is 2.28. The lowest BCUT2D eigenvalue weighted by atomic mass is 10.1. The molecule has 0 saturated heterocycles. The summed E-state index contributed by atoms with van der Waals surface area (Å²) < 4.78 is 1.79. The Labute approximate surface area is 105 Å². The van der Waals surface area contributed by atoms with E-state index in [1.807, 2.05) is 50.6 Å². The van der Waals surface area contributed by atoms with E-state index < -0.39 is 0 Å². The number of hydrogen-bond acceptors (Lipinski definition) is 3. The minimum atomic E-state index is -0.354. The minimum absolute atomic E-state index is 0.354. The Balaban J connectivity index is 2.08. The first-order valence-corrected chi connectivity index (χ1v) is 6.45. The van der Waals surface area contributed by atoms with E-state index in [0.717, 1.165) is 21.8 Å². The minimum Gasteiger partial charge on any atom is -0.388 e. The third-order valence-electron chi connectivity index (χ3n) is 2.57. The van der Waals surface area contributed by atoms with Crippen LogP contribution in [0.15, 0.2) is 46.5 Å². The van der Waals surface area contributed by atoms with Crippen molar-refractivity contribution in [1.82, 2.24) is 9.78 Å². The molecule has 0 unspecified atom stereocenters. The Hall–Kier alpha value is -1.26. The fraction of sp³-hybridized carbons (Fsp3) is 0.308. The molecule has 1 heterocycles. The number of aryl methyl sites for hydroxylation is 1. The second-order valence-corrected chi connectivity index (χ2v) is 5.09. The van der Waals surface area contributed by atoms with Gasteiger partial charge in [0.2, 0.25) is 0 Å². The maximum Gasteiger partial charge on any atom is 0.0787 e. The first kappa shape index (κ1) is 12.2. The van der Waals surface area contributed by atoms with Gasteiger partial charge in [0.1, 0.15) is 0 Å². The van der Waals surface area contributed by atoms with Crippen LogP contribution in [0.2, 0.25) is 0 Å². The van der Waals surface area contributed by atoms with Gasteiger partial charge < -0.3 is 5.11 Å². The molecule has 4 heteroatoms. The Kier molecular flexibility index (Phi) is 3.86. The average molecular weight is 248 g/mol. The highest BCUT2D eigenvalue weighted by Crippen LogP contribution is 2.28. The average Bonchev–Trinajstić information content (AvgIpc) is 2.75. The van der Waals surface area contributed by atoms with Crippen molar-refractivity contribution in [1.29, 1.82) is 0 Å². The monoisotopic (exact) mass is 248 g/mol. The van der Waals surface area contributed by atoms with Crippen molar-refractivity contribution < 1.29 is 5.11 Å². The molecule has 3 nitrogen and oxygen atoms in total. The summed E-state index contributed by atoms with van der Waals surface area (Å²) >= 11 is 1.67. The number of aliphatic hydroxyl groups is 1. The lowest BCUT2D eigenvalue weighted by Gasteiger charge is -2.08. The lowest BCUT2D eigenvalue weighted by molar-refractivity contribution is 0.173. The molecule has 1 aromatic carbocycles. The van der Waals surface area contributed by atoms with E-state index in [4.69, 9.17) is 0 Å². The molecular formula is C13H16N2OS. The third kappa shape index (κ3) is 3.11. The van der Waals surface area contributed by atoms with Crippen molar-refractivity contribution in [3.63, 3.8) is 0 Å². The summed E-state index contributed by atoms with van der Waals surface area (Å²) in [6.45, 7) is 1.98. The van der Waals surface area contributed by atoms with Crippen molar-refractivity contribution >= 4 is 11.8 Å². The zero-order chi connectivity index (χ0) is 12.3. The molecule has 0 saturated carbocycles. The number of aromatic nitrogens is 2. The van der Waals surface area contributed by atoms with E-state index in [0.29, 0.717) is 0 Å². The molecule has 2 aromatic rings. The van der Waals surface area contributed by atoms with Crippen LogP contribution in [0.5, 0.6) is 0 Å². The zero-order valence-electron chi connectivity index (χ0n) is 10.00. The predicted molar refractivity (Wildman–Crippen MR) is 69.0 cm³/mol. The van der Waals surface area contributed by atoms with Crippen molar-refractivity contribution in [3.8, 4) is 0 Å². The first-order valence-electron chi connectivity index (χ1n) is 5.63. The molecule has 0 bridgehead atoms. The highest BCUT2D eigenvalue weighted by atomic mass is 32.2. The van der Waals surface area contributed by atoms with Crippen LogP contribution in [0.4, 0.5) is 0 Å². The molecule has 1 atom stereocenters. The van der Waals surface area contributed by atoms with E-state index in [1.165, 1.54) is 0 Å². The number of benzene rings is 1. The molecule has 2 rings (SSSR count). The van der Waals surface area contributed by atoms with Crippen LogP contribution in [0.1, 0.15) is 25.0 Å². The molecule has 90 valence electrons. The molecule has 0 aliphatic carbocycles. The van der Waals surface area contributed by atoms with E-state index in [-0.39, 0.29) is 6.10 Å². The summed E-state index contributed by atoms with van der Waals surface area (Å²) in [6, 6.07) is 8.03. The van der Waals surface area contributed by atoms with Crippen LogP contribution in [0.3, 0.4) is 0 Å². The van der Waals surface area contributed by atoms with Gasteiger partial charge >= 0.3 is 0 Å². The fourth-order valence-corrected chi connectivity index (χ4v) is 2.43. The predicted octanol–water partition coefficient (Wildman–Crippen LogP) is 3.01. The van der Waals surface area contributed by atoms with E-state index >= 15 is 0 Å². The fourth-order valence-electron chi connectivity index (χ4n) is 1.58. The molecule has 0 aliphatic heterocycles. The highest BCUT2D eigenvalue weighted by molar-refractivity contribution is 7.99. The molecule has 0 radical (unpaired) electrons. The maximum atomic E-state index is 9.69. The Bertz CT molecular complexity index is 478. The molecule has 1 aromatic heterocycles. The summed E-state index contributed by atoms with van der Waals surface area (Å²) in [5.74, 6) is 0. The molecule has 0 fully saturated rings. The summed E-state index contributed by atoms with van der Waals surface area (Å²) in [7, 11) is 1.91. The molecule has 17 heavy (non-hydrogen) atoms. The summed E-state index contributed by atoms with van der Waals surface area (Å²) in [5.41, 5.74) is 0.975. The molecule has 0 spiro atoms. The zero-order valence-corrected chi connectivity index (χ0v) is 10.8. The van der Waals surface area contributed by atoms with Crippen LogP contribution in [0, 0.1) is 0 Å². The highest BCUT2D eigenvalue weighted by Gasteiger charge is 2.05.